The zero-order valence-electron chi connectivity index (χ0n) is 11.3. The molecule has 1 atom stereocenters. The van der Waals surface area contributed by atoms with Crippen molar-refractivity contribution in [2.45, 2.75) is 25.7 Å². The normalized spacial score (nSPS) is 19.9. The summed E-state index contributed by atoms with van der Waals surface area (Å²) >= 11 is 1.66. The predicted octanol–water partition coefficient (Wildman–Crippen LogP) is 2.21. The number of aromatic nitrogens is 5. The molecule has 1 fully saturated rings. The van der Waals surface area contributed by atoms with Crippen molar-refractivity contribution in [3.05, 3.63) is 29.8 Å². The van der Waals surface area contributed by atoms with Crippen LogP contribution < -0.4 is 4.90 Å². The topological polar surface area (TPSA) is 62.1 Å². The molecule has 0 saturated carbocycles. The van der Waals surface area contributed by atoms with Gasteiger partial charge < -0.3 is 4.90 Å². The highest BCUT2D eigenvalue weighted by atomic mass is 32.1. The number of H-pyrrole nitrogens is 1. The third-order valence-corrected chi connectivity index (χ3v) is 4.79. The van der Waals surface area contributed by atoms with Gasteiger partial charge in [0.15, 0.2) is 0 Å². The number of hydrogen-bond donors (Lipinski definition) is 1. The average molecular weight is 288 g/mol. The van der Waals surface area contributed by atoms with Crippen LogP contribution in [0.25, 0.3) is 4.96 Å². The Morgan fingerprint density at radius 3 is 3.20 bits per heavy atom. The predicted molar refractivity (Wildman–Crippen MR) is 78.4 cm³/mol. The van der Waals surface area contributed by atoms with Crippen LogP contribution in [0.4, 0.5) is 5.13 Å². The molecule has 1 saturated heterocycles. The molecule has 3 aromatic rings. The first-order valence-corrected chi connectivity index (χ1v) is 7.68. The molecule has 4 rings (SSSR count). The van der Waals surface area contributed by atoms with Crippen LogP contribution in [0, 0.1) is 6.92 Å². The third-order valence-electron chi connectivity index (χ3n) is 3.81. The lowest BCUT2D eigenvalue weighted by Gasteiger charge is -2.31. The van der Waals surface area contributed by atoms with E-state index in [0.717, 1.165) is 28.9 Å². The molecule has 0 bridgehead atoms. The van der Waals surface area contributed by atoms with E-state index in [1.54, 1.807) is 11.3 Å². The van der Waals surface area contributed by atoms with Gasteiger partial charge >= 0.3 is 0 Å². The molecule has 20 heavy (non-hydrogen) atoms. The van der Waals surface area contributed by atoms with Gasteiger partial charge in [0, 0.05) is 30.9 Å². The Labute approximate surface area is 120 Å². The number of piperidine rings is 1. The van der Waals surface area contributed by atoms with E-state index in [1.165, 1.54) is 18.5 Å². The molecule has 0 amide bonds. The largest absolute Gasteiger partial charge is 0.346 e. The minimum atomic E-state index is 0.518. The molecule has 0 unspecified atom stereocenters. The second-order valence-electron chi connectivity index (χ2n) is 5.29. The van der Waals surface area contributed by atoms with Gasteiger partial charge in [0.05, 0.1) is 11.9 Å². The zero-order valence-corrected chi connectivity index (χ0v) is 12.1. The van der Waals surface area contributed by atoms with Crippen LogP contribution in [0.3, 0.4) is 0 Å². The lowest BCUT2D eigenvalue weighted by molar-refractivity contribution is 0.499. The monoisotopic (exact) mass is 288 g/mol. The minimum absolute atomic E-state index is 0.518. The molecule has 1 aliphatic heterocycles. The van der Waals surface area contributed by atoms with E-state index in [2.05, 4.69) is 31.2 Å². The molecule has 3 aromatic heterocycles. The summed E-state index contributed by atoms with van der Waals surface area (Å²) in [5.41, 5.74) is 2.25. The fraction of sp³-hybridized carbons (Fsp3) is 0.462. The molecular formula is C13H16N6S. The molecule has 0 spiro atoms. The van der Waals surface area contributed by atoms with Gasteiger partial charge in [-0.2, -0.15) is 5.10 Å². The average Bonchev–Trinajstić information content (AvgIpc) is 3.13. The van der Waals surface area contributed by atoms with E-state index in [0.29, 0.717) is 5.92 Å². The van der Waals surface area contributed by atoms with Gasteiger partial charge in [-0.25, -0.2) is 9.50 Å². The fourth-order valence-electron chi connectivity index (χ4n) is 2.83. The summed E-state index contributed by atoms with van der Waals surface area (Å²) in [5, 5.41) is 12.9. The summed E-state index contributed by atoms with van der Waals surface area (Å²) in [6.45, 7) is 4.06. The minimum Gasteiger partial charge on any atom is -0.346 e. The molecule has 6 nitrogen and oxygen atoms in total. The van der Waals surface area contributed by atoms with Crippen molar-refractivity contribution in [3.8, 4) is 0 Å². The lowest BCUT2D eigenvalue weighted by atomic mass is 9.95. The number of nitrogens with zero attached hydrogens (tertiary/aromatic N) is 5. The zero-order chi connectivity index (χ0) is 13.5. The van der Waals surface area contributed by atoms with Gasteiger partial charge in [-0.15, -0.1) is 5.10 Å². The van der Waals surface area contributed by atoms with E-state index >= 15 is 0 Å². The Bertz CT molecular complexity index is 681. The maximum absolute atomic E-state index is 4.65. The first-order valence-electron chi connectivity index (χ1n) is 6.86. The second-order valence-corrected chi connectivity index (χ2v) is 6.23. The van der Waals surface area contributed by atoms with Crippen LogP contribution in [0.2, 0.25) is 0 Å². The summed E-state index contributed by atoms with van der Waals surface area (Å²) in [4.78, 5) is 7.81. The standard InChI is InChI=1S/C13H16N6S/c1-9-7-19-12(15-9)20-13(17-19)18-6-2-3-10(8-18)11-4-5-14-16-11/h4-5,7,10H,2-3,6,8H2,1H3,(H,14,16)/t10-/m0/s1. The van der Waals surface area contributed by atoms with Crippen molar-refractivity contribution < 1.29 is 0 Å². The Morgan fingerprint density at radius 2 is 2.40 bits per heavy atom. The van der Waals surface area contributed by atoms with Crippen molar-refractivity contribution in [1.29, 1.82) is 0 Å². The quantitative estimate of drug-likeness (QED) is 0.785. The highest BCUT2D eigenvalue weighted by Crippen LogP contribution is 2.31. The highest BCUT2D eigenvalue weighted by molar-refractivity contribution is 7.20. The highest BCUT2D eigenvalue weighted by Gasteiger charge is 2.24. The van der Waals surface area contributed by atoms with E-state index in [4.69, 9.17) is 0 Å². The molecule has 0 aliphatic carbocycles. The Morgan fingerprint density at radius 1 is 1.45 bits per heavy atom. The van der Waals surface area contributed by atoms with Gasteiger partial charge in [0.25, 0.3) is 0 Å². The molecular weight excluding hydrogens is 272 g/mol. The van der Waals surface area contributed by atoms with E-state index in [-0.39, 0.29) is 0 Å². The molecule has 1 aliphatic rings. The molecule has 4 heterocycles. The van der Waals surface area contributed by atoms with Gasteiger partial charge in [-0.1, -0.05) is 11.3 Å². The second kappa shape index (κ2) is 4.59. The fourth-order valence-corrected chi connectivity index (χ4v) is 3.79. The number of rotatable bonds is 2. The Kier molecular flexibility index (Phi) is 2.73. The van der Waals surface area contributed by atoms with Crippen molar-refractivity contribution in [1.82, 2.24) is 24.8 Å². The van der Waals surface area contributed by atoms with E-state index in [1.807, 2.05) is 23.8 Å². The number of aryl methyl sites for hydroxylation is 1. The summed E-state index contributed by atoms with van der Waals surface area (Å²) in [6, 6.07) is 2.08. The van der Waals surface area contributed by atoms with Crippen LogP contribution in [-0.4, -0.2) is 37.9 Å². The van der Waals surface area contributed by atoms with Gasteiger partial charge in [0.2, 0.25) is 10.1 Å². The number of nitrogens with one attached hydrogen (secondary N) is 1. The number of aromatic amines is 1. The van der Waals surface area contributed by atoms with Crippen LogP contribution in [-0.2, 0) is 0 Å². The van der Waals surface area contributed by atoms with Gasteiger partial charge in [-0.05, 0) is 25.8 Å². The van der Waals surface area contributed by atoms with Crippen molar-refractivity contribution in [3.63, 3.8) is 0 Å². The van der Waals surface area contributed by atoms with Crippen LogP contribution in [0.15, 0.2) is 18.5 Å². The van der Waals surface area contributed by atoms with Crippen molar-refractivity contribution in [2.75, 3.05) is 18.0 Å². The molecule has 104 valence electrons. The Hall–Kier alpha value is -1.89. The first kappa shape index (κ1) is 11.9. The molecule has 0 aromatic carbocycles. The molecule has 1 N–H and O–H groups in total. The van der Waals surface area contributed by atoms with Gasteiger partial charge in [-0.3, -0.25) is 5.10 Å². The summed E-state index contributed by atoms with van der Waals surface area (Å²) in [6.07, 6.45) is 6.20. The van der Waals surface area contributed by atoms with Crippen LogP contribution in [0.5, 0.6) is 0 Å². The summed E-state index contributed by atoms with van der Waals surface area (Å²) < 4.78 is 1.88. The first-order chi connectivity index (χ1) is 9.79. The molecule has 0 radical (unpaired) electrons. The molecule has 7 heteroatoms. The van der Waals surface area contributed by atoms with E-state index in [9.17, 15) is 0 Å². The van der Waals surface area contributed by atoms with Crippen molar-refractivity contribution in [2.24, 2.45) is 0 Å². The SMILES string of the molecule is Cc1cn2nc(N3CCC[C@H](c4ccn[nH]4)C3)sc2n1. The number of fused-ring (bicyclic) bond motifs is 1. The van der Waals surface area contributed by atoms with Crippen LogP contribution >= 0.6 is 11.3 Å². The number of hydrogen-bond acceptors (Lipinski definition) is 5. The van der Waals surface area contributed by atoms with Crippen LogP contribution in [0.1, 0.15) is 30.1 Å². The van der Waals surface area contributed by atoms with Crippen molar-refractivity contribution >= 4 is 21.4 Å². The number of anilines is 1. The number of imidazole rings is 1. The smallest absolute Gasteiger partial charge is 0.214 e. The van der Waals surface area contributed by atoms with E-state index < -0.39 is 0 Å². The maximum atomic E-state index is 4.65. The lowest BCUT2D eigenvalue weighted by Crippen LogP contribution is -2.34. The summed E-state index contributed by atoms with van der Waals surface area (Å²) in [7, 11) is 0. The Balaban J connectivity index is 1.59. The maximum Gasteiger partial charge on any atom is 0.214 e. The third kappa shape index (κ3) is 1.98. The summed E-state index contributed by atoms with van der Waals surface area (Å²) in [5.74, 6) is 0.518. The van der Waals surface area contributed by atoms with Gasteiger partial charge in [0.1, 0.15) is 0 Å².